The third-order valence-electron chi connectivity index (χ3n) is 3.16. The second-order valence-electron chi connectivity index (χ2n) is 5.18. The summed E-state index contributed by atoms with van der Waals surface area (Å²) in [5, 5.41) is 3.45. The highest BCUT2D eigenvalue weighted by molar-refractivity contribution is 5.84. The summed E-state index contributed by atoms with van der Waals surface area (Å²) in [6, 6.07) is 0.0145. The zero-order chi connectivity index (χ0) is 12.8. The third-order valence-corrected chi connectivity index (χ3v) is 3.16. The molecule has 100 valence electrons. The molecule has 0 bridgehead atoms. The van der Waals surface area contributed by atoms with Crippen LogP contribution in [0.25, 0.3) is 0 Å². The van der Waals surface area contributed by atoms with E-state index in [1.54, 1.807) is 7.11 Å². The first-order valence-corrected chi connectivity index (χ1v) is 6.65. The van der Waals surface area contributed by atoms with E-state index in [1.165, 1.54) is 0 Å². The van der Waals surface area contributed by atoms with Gasteiger partial charge in [-0.15, -0.1) is 0 Å². The predicted octanol–water partition coefficient (Wildman–Crippen LogP) is 1.61. The van der Waals surface area contributed by atoms with E-state index in [1.807, 2.05) is 4.90 Å². The van der Waals surface area contributed by atoms with Crippen LogP contribution in [-0.2, 0) is 9.53 Å². The molecule has 0 aromatic rings. The molecule has 0 aromatic heterocycles. The van der Waals surface area contributed by atoms with Gasteiger partial charge >= 0.3 is 0 Å². The number of hydrogen-bond acceptors (Lipinski definition) is 3. The second kappa shape index (κ2) is 6.97. The number of nitrogens with zero attached hydrogens (tertiary/aromatic N) is 1. The Morgan fingerprint density at radius 3 is 2.71 bits per heavy atom. The molecule has 1 rings (SSSR count). The number of methoxy groups -OCH3 is 1. The van der Waals surface area contributed by atoms with E-state index in [0.29, 0.717) is 19.1 Å². The zero-order valence-electron chi connectivity index (χ0n) is 11.5. The maximum atomic E-state index is 12.2. The number of carbonyl (C=O) groups excluding carboxylic acids is 1. The molecule has 2 atom stereocenters. The summed E-state index contributed by atoms with van der Waals surface area (Å²) in [7, 11) is 1.68. The molecule has 0 radical (unpaired) electrons. The molecule has 1 N–H and O–H groups in total. The molecule has 1 fully saturated rings. The van der Waals surface area contributed by atoms with Gasteiger partial charge in [0.05, 0.1) is 18.8 Å². The largest absolute Gasteiger partial charge is 0.383 e. The van der Waals surface area contributed by atoms with Crippen LogP contribution in [0.15, 0.2) is 0 Å². The van der Waals surface area contributed by atoms with Gasteiger partial charge in [-0.05, 0) is 18.8 Å². The highest BCUT2D eigenvalue weighted by Crippen LogP contribution is 2.19. The van der Waals surface area contributed by atoms with Crippen molar-refractivity contribution in [3.8, 4) is 0 Å². The van der Waals surface area contributed by atoms with Crippen LogP contribution >= 0.6 is 0 Å². The van der Waals surface area contributed by atoms with Crippen LogP contribution in [0.2, 0.25) is 0 Å². The van der Waals surface area contributed by atoms with E-state index in [0.717, 1.165) is 19.3 Å². The van der Waals surface area contributed by atoms with Gasteiger partial charge in [-0.25, -0.2) is 0 Å². The van der Waals surface area contributed by atoms with Crippen LogP contribution in [0.1, 0.15) is 40.0 Å². The predicted molar refractivity (Wildman–Crippen MR) is 68.7 cm³/mol. The molecular weight excluding hydrogens is 216 g/mol. The summed E-state index contributed by atoms with van der Waals surface area (Å²) in [6.07, 6.45) is 3.16. The fraction of sp³-hybridized carbons (Fsp3) is 0.923. The van der Waals surface area contributed by atoms with Crippen LogP contribution in [0.4, 0.5) is 0 Å². The van der Waals surface area contributed by atoms with Crippen molar-refractivity contribution in [2.75, 3.05) is 20.3 Å². The monoisotopic (exact) mass is 242 g/mol. The van der Waals surface area contributed by atoms with Crippen LogP contribution in [0, 0.1) is 5.92 Å². The first kappa shape index (κ1) is 14.5. The van der Waals surface area contributed by atoms with Gasteiger partial charge in [-0.3, -0.25) is 10.1 Å². The Balaban J connectivity index is 2.62. The number of nitrogens with one attached hydrogen (secondary N) is 1. The average Bonchev–Trinajstić information content (AvgIpc) is 2.53. The molecule has 1 saturated heterocycles. The Morgan fingerprint density at radius 2 is 2.18 bits per heavy atom. The number of rotatable bonds is 7. The molecule has 4 heteroatoms. The van der Waals surface area contributed by atoms with Crippen molar-refractivity contribution in [3.63, 3.8) is 0 Å². The van der Waals surface area contributed by atoms with E-state index in [-0.39, 0.29) is 18.1 Å². The van der Waals surface area contributed by atoms with E-state index in [9.17, 15) is 4.79 Å². The number of amides is 1. The SMILES string of the molecule is CCCC1NC(CC(C)C)N(CCOC)C1=O. The molecule has 0 aromatic carbocycles. The maximum absolute atomic E-state index is 12.2. The lowest BCUT2D eigenvalue weighted by molar-refractivity contribution is -0.130. The van der Waals surface area contributed by atoms with E-state index in [4.69, 9.17) is 4.74 Å². The maximum Gasteiger partial charge on any atom is 0.241 e. The van der Waals surface area contributed by atoms with Gasteiger partial charge in [0.1, 0.15) is 0 Å². The minimum atomic E-state index is 0.0145. The molecule has 17 heavy (non-hydrogen) atoms. The summed E-state index contributed by atoms with van der Waals surface area (Å²) < 4.78 is 5.08. The van der Waals surface area contributed by atoms with Gasteiger partial charge in [0, 0.05) is 13.7 Å². The zero-order valence-corrected chi connectivity index (χ0v) is 11.5. The third kappa shape index (κ3) is 3.96. The lowest BCUT2D eigenvalue weighted by Crippen LogP contribution is -2.40. The molecule has 2 unspecified atom stereocenters. The molecule has 4 nitrogen and oxygen atoms in total. The molecule has 1 heterocycles. The molecule has 0 spiro atoms. The van der Waals surface area contributed by atoms with Gasteiger partial charge in [0.2, 0.25) is 5.91 Å². The van der Waals surface area contributed by atoms with Crippen molar-refractivity contribution in [2.24, 2.45) is 5.92 Å². The quantitative estimate of drug-likeness (QED) is 0.737. The lowest BCUT2D eigenvalue weighted by atomic mass is 10.1. The van der Waals surface area contributed by atoms with Gasteiger partial charge in [-0.2, -0.15) is 0 Å². The van der Waals surface area contributed by atoms with Crippen LogP contribution < -0.4 is 5.32 Å². The molecule has 0 aliphatic carbocycles. The number of ether oxygens (including phenoxy) is 1. The average molecular weight is 242 g/mol. The Kier molecular flexibility index (Phi) is 5.92. The molecular formula is C13H26N2O2. The van der Waals surface area contributed by atoms with Crippen LogP contribution in [-0.4, -0.2) is 43.3 Å². The van der Waals surface area contributed by atoms with E-state index < -0.39 is 0 Å². The summed E-state index contributed by atoms with van der Waals surface area (Å²) in [5.74, 6) is 0.834. The number of hydrogen-bond donors (Lipinski definition) is 1. The van der Waals surface area contributed by atoms with E-state index >= 15 is 0 Å². The molecule has 0 saturated carbocycles. The fourth-order valence-corrected chi connectivity index (χ4v) is 2.34. The first-order valence-electron chi connectivity index (χ1n) is 6.65. The van der Waals surface area contributed by atoms with Crippen LogP contribution in [0.3, 0.4) is 0 Å². The van der Waals surface area contributed by atoms with Gasteiger partial charge in [0.15, 0.2) is 0 Å². The van der Waals surface area contributed by atoms with Gasteiger partial charge in [0.25, 0.3) is 0 Å². The fourth-order valence-electron chi connectivity index (χ4n) is 2.34. The minimum absolute atomic E-state index is 0.0145. The lowest BCUT2D eigenvalue weighted by Gasteiger charge is -2.25. The molecule has 1 amide bonds. The van der Waals surface area contributed by atoms with Crippen molar-refractivity contribution in [2.45, 2.75) is 52.2 Å². The van der Waals surface area contributed by atoms with Crippen molar-refractivity contribution in [3.05, 3.63) is 0 Å². The summed E-state index contributed by atoms with van der Waals surface area (Å²) >= 11 is 0. The van der Waals surface area contributed by atoms with Gasteiger partial charge < -0.3 is 9.64 Å². The summed E-state index contributed by atoms with van der Waals surface area (Å²) in [4.78, 5) is 14.1. The minimum Gasteiger partial charge on any atom is -0.383 e. The number of carbonyl (C=O) groups is 1. The Morgan fingerprint density at radius 1 is 1.47 bits per heavy atom. The highest BCUT2D eigenvalue weighted by atomic mass is 16.5. The summed E-state index contributed by atoms with van der Waals surface area (Å²) in [5.41, 5.74) is 0. The smallest absolute Gasteiger partial charge is 0.241 e. The normalized spacial score (nSPS) is 25.0. The van der Waals surface area contributed by atoms with E-state index in [2.05, 4.69) is 26.1 Å². The van der Waals surface area contributed by atoms with Crippen molar-refractivity contribution < 1.29 is 9.53 Å². The Hall–Kier alpha value is -0.610. The summed E-state index contributed by atoms with van der Waals surface area (Å²) in [6.45, 7) is 7.80. The molecule has 1 aliphatic rings. The molecule has 1 aliphatic heterocycles. The van der Waals surface area contributed by atoms with Crippen molar-refractivity contribution >= 4 is 5.91 Å². The second-order valence-corrected chi connectivity index (χ2v) is 5.18. The Labute approximate surface area is 105 Å². The van der Waals surface area contributed by atoms with Crippen molar-refractivity contribution in [1.82, 2.24) is 10.2 Å². The topological polar surface area (TPSA) is 41.6 Å². The van der Waals surface area contributed by atoms with Gasteiger partial charge in [-0.1, -0.05) is 27.2 Å². The van der Waals surface area contributed by atoms with Crippen LogP contribution in [0.5, 0.6) is 0 Å². The highest BCUT2D eigenvalue weighted by Gasteiger charge is 2.37. The first-order chi connectivity index (χ1) is 8.10. The standard InChI is InChI=1S/C13H26N2O2/c1-5-6-11-13(16)15(7-8-17-4)12(14-11)9-10(2)3/h10-12,14H,5-9H2,1-4H3. The van der Waals surface area contributed by atoms with Crippen molar-refractivity contribution in [1.29, 1.82) is 0 Å². The Bertz CT molecular complexity index is 244.